The molecule has 33 heavy (non-hydrogen) atoms. The largest absolute Gasteiger partial charge is 0.497 e. The second kappa shape index (κ2) is 10.2. The van der Waals surface area contributed by atoms with E-state index in [1.54, 1.807) is 19.2 Å². The quantitative estimate of drug-likeness (QED) is 0.391. The van der Waals surface area contributed by atoms with Crippen LogP contribution in [0, 0.1) is 0 Å². The molecule has 0 spiro atoms. The average molecular weight is 445 g/mol. The maximum atomic E-state index is 12.7. The second-order valence-corrected chi connectivity index (χ2v) is 8.03. The van der Waals surface area contributed by atoms with E-state index in [2.05, 4.69) is 16.3 Å². The second-order valence-electron chi connectivity index (χ2n) is 8.03. The Balaban J connectivity index is 1.35. The summed E-state index contributed by atoms with van der Waals surface area (Å²) in [5.74, 6) is 2.12. The van der Waals surface area contributed by atoms with E-state index in [-0.39, 0.29) is 24.3 Å². The monoisotopic (exact) mass is 444 g/mol. The lowest BCUT2D eigenvalue weighted by molar-refractivity contribution is 0.0910. The third-order valence-corrected chi connectivity index (χ3v) is 5.55. The van der Waals surface area contributed by atoms with Gasteiger partial charge in [0.25, 0.3) is 5.91 Å². The lowest BCUT2D eigenvalue weighted by Crippen LogP contribution is -2.34. The van der Waals surface area contributed by atoms with Crippen LogP contribution in [0.5, 0.6) is 11.5 Å². The molecule has 1 heterocycles. The van der Waals surface area contributed by atoms with Gasteiger partial charge in [0, 0.05) is 6.54 Å². The molecular weight excluding hydrogens is 416 g/mol. The van der Waals surface area contributed by atoms with Gasteiger partial charge in [0.2, 0.25) is 0 Å². The molecule has 6 nitrogen and oxygen atoms in total. The number of nitrogens with zero attached hydrogens (tertiary/aromatic N) is 1. The van der Waals surface area contributed by atoms with E-state index in [0.717, 1.165) is 27.8 Å². The molecule has 0 aliphatic rings. The van der Waals surface area contributed by atoms with E-state index < -0.39 is 0 Å². The first-order valence-corrected chi connectivity index (χ1v) is 10.8. The number of benzene rings is 3. The number of nitrogens with one attached hydrogen (secondary N) is 1. The number of hydrogen-bond donors (Lipinski definition) is 1. The maximum Gasteiger partial charge on any atom is 0.287 e. The van der Waals surface area contributed by atoms with E-state index in [1.807, 2.05) is 74.8 Å². The molecule has 0 aliphatic heterocycles. The van der Waals surface area contributed by atoms with Crippen molar-refractivity contribution in [2.45, 2.75) is 12.6 Å². The number of amides is 1. The molecule has 0 aliphatic carbocycles. The van der Waals surface area contributed by atoms with E-state index in [1.165, 1.54) is 0 Å². The van der Waals surface area contributed by atoms with Gasteiger partial charge in [-0.2, -0.15) is 0 Å². The SMILES string of the molecule is COc1cccc(C(CNC(=O)c2ccc(COc3ccc4ccccc4c3)o2)N(C)C)c1. The predicted octanol–water partition coefficient (Wildman–Crippen LogP) is 5.05. The zero-order valence-electron chi connectivity index (χ0n) is 19.1. The summed E-state index contributed by atoms with van der Waals surface area (Å²) in [6.45, 7) is 0.679. The van der Waals surface area contributed by atoms with Crippen molar-refractivity contribution >= 4 is 16.7 Å². The van der Waals surface area contributed by atoms with Gasteiger partial charge >= 0.3 is 0 Å². The number of carbonyl (C=O) groups excluding carboxylic acids is 1. The molecule has 0 bridgehead atoms. The standard InChI is InChI=1S/C27H28N2O4/c1-29(2)25(21-9-6-10-22(16-21)31-3)17-28-27(30)26-14-13-24(33-26)18-32-23-12-11-19-7-4-5-8-20(19)15-23/h4-16,25H,17-18H2,1-3H3,(H,28,30). The van der Waals surface area contributed by atoms with Crippen molar-refractivity contribution in [2.24, 2.45) is 0 Å². The van der Waals surface area contributed by atoms with Gasteiger partial charge in [-0.1, -0.05) is 42.5 Å². The fourth-order valence-corrected chi connectivity index (χ4v) is 3.71. The molecule has 1 aromatic heterocycles. The van der Waals surface area contributed by atoms with Gasteiger partial charge in [-0.25, -0.2) is 0 Å². The van der Waals surface area contributed by atoms with Gasteiger partial charge in [-0.15, -0.1) is 0 Å². The average Bonchev–Trinajstić information content (AvgIpc) is 3.32. The zero-order chi connectivity index (χ0) is 23.2. The molecule has 0 radical (unpaired) electrons. The molecule has 6 heteroatoms. The number of carbonyl (C=O) groups is 1. The third-order valence-electron chi connectivity index (χ3n) is 5.55. The van der Waals surface area contributed by atoms with Crippen LogP contribution in [0.2, 0.25) is 0 Å². The first-order valence-electron chi connectivity index (χ1n) is 10.8. The smallest absolute Gasteiger partial charge is 0.287 e. The Bertz CT molecular complexity index is 1230. The topological polar surface area (TPSA) is 63.9 Å². The van der Waals surface area contributed by atoms with E-state index >= 15 is 0 Å². The van der Waals surface area contributed by atoms with E-state index in [0.29, 0.717) is 12.3 Å². The highest BCUT2D eigenvalue weighted by Crippen LogP contribution is 2.23. The normalized spacial score (nSPS) is 12.0. The van der Waals surface area contributed by atoms with Crippen LogP contribution < -0.4 is 14.8 Å². The van der Waals surface area contributed by atoms with Crippen LogP contribution in [0.15, 0.2) is 83.3 Å². The van der Waals surface area contributed by atoms with Gasteiger partial charge in [0.1, 0.15) is 23.9 Å². The van der Waals surface area contributed by atoms with Crippen molar-refractivity contribution in [2.75, 3.05) is 27.7 Å². The lowest BCUT2D eigenvalue weighted by Gasteiger charge is -2.25. The molecule has 0 fully saturated rings. The number of furan rings is 1. The van der Waals surface area contributed by atoms with Crippen molar-refractivity contribution in [3.63, 3.8) is 0 Å². The highest BCUT2D eigenvalue weighted by atomic mass is 16.5. The first-order chi connectivity index (χ1) is 16.0. The fraction of sp³-hybridized carbons (Fsp3) is 0.222. The number of hydrogen-bond acceptors (Lipinski definition) is 5. The van der Waals surface area contributed by atoms with Crippen molar-refractivity contribution in [3.05, 3.63) is 95.9 Å². The van der Waals surface area contributed by atoms with Crippen LogP contribution in [-0.2, 0) is 6.61 Å². The van der Waals surface area contributed by atoms with Gasteiger partial charge < -0.3 is 24.1 Å². The van der Waals surface area contributed by atoms with Crippen LogP contribution in [0.4, 0.5) is 0 Å². The number of methoxy groups -OCH3 is 1. The number of fused-ring (bicyclic) bond motifs is 1. The van der Waals surface area contributed by atoms with Crippen molar-refractivity contribution in [1.29, 1.82) is 0 Å². The molecule has 170 valence electrons. The van der Waals surface area contributed by atoms with Crippen LogP contribution in [0.25, 0.3) is 10.8 Å². The molecule has 1 N–H and O–H groups in total. The zero-order valence-corrected chi connectivity index (χ0v) is 19.1. The Morgan fingerprint density at radius 1 is 0.939 bits per heavy atom. The molecule has 3 aromatic carbocycles. The van der Waals surface area contributed by atoms with Crippen LogP contribution in [0.3, 0.4) is 0 Å². The molecule has 4 rings (SSSR count). The highest BCUT2D eigenvalue weighted by molar-refractivity contribution is 5.91. The van der Waals surface area contributed by atoms with E-state index in [9.17, 15) is 4.79 Å². The molecule has 1 unspecified atom stereocenters. The summed E-state index contributed by atoms with van der Waals surface area (Å²) in [5.41, 5.74) is 1.06. The molecule has 0 saturated carbocycles. The van der Waals surface area contributed by atoms with Crippen molar-refractivity contribution < 1.29 is 18.7 Å². The molecule has 0 saturated heterocycles. The third kappa shape index (κ3) is 5.54. The summed E-state index contributed by atoms with van der Waals surface area (Å²) in [7, 11) is 5.60. The first kappa shape index (κ1) is 22.4. The molecular formula is C27H28N2O4. The van der Waals surface area contributed by atoms with Crippen LogP contribution in [-0.4, -0.2) is 38.6 Å². The van der Waals surface area contributed by atoms with Gasteiger partial charge in [0.15, 0.2) is 5.76 Å². The molecule has 1 atom stereocenters. The minimum absolute atomic E-state index is 0.00489. The summed E-state index contributed by atoms with van der Waals surface area (Å²) in [6.07, 6.45) is 0. The summed E-state index contributed by atoms with van der Waals surface area (Å²) >= 11 is 0. The Kier molecular flexibility index (Phi) is 6.95. The number of likely N-dealkylation sites (N-methyl/N-ethyl adjacent to an activating group) is 1. The maximum absolute atomic E-state index is 12.7. The Morgan fingerprint density at radius 2 is 1.76 bits per heavy atom. The Labute approximate surface area is 193 Å². The summed E-state index contributed by atoms with van der Waals surface area (Å²) in [6, 6.07) is 25.3. The van der Waals surface area contributed by atoms with Gasteiger partial charge in [-0.3, -0.25) is 4.79 Å². The summed E-state index contributed by atoms with van der Waals surface area (Å²) < 4.78 is 16.9. The predicted molar refractivity (Wildman–Crippen MR) is 129 cm³/mol. The van der Waals surface area contributed by atoms with Crippen LogP contribution in [0.1, 0.15) is 27.9 Å². The summed E-state index contributed by atoms with van der Waals surface area (Å²) in [5, 5.41) is 5.24. The van der Waals surface area contributed by atoms with Gasteiger partial charge in [-0.05, 0) is 66.8 Å². The van der Waals surface area contributed by atoms with Crippen molar-refractivity contribution in [3.8, 4) is 11.5 Å². The minimum Gasteiger partial charge on any atom is -0.497 e. The van der Waals surface area contributed by atoms with E-state index in [4.69, 9.17) is 13.9 Å². The lowest BCUT2D eigenvalue weighted by atomic mass is 10.1. The van der Waals surface area contributed by atoms with Gasteiger partial charge in [0.05, 0.1) is 13.2 Å². The van der Waals surface area contributed by atoms with Crippen molar-refractivity contribution in [1.82, 2.24) is 10.2 Å². The minimum atomic E-state index is -0.262. The molecule has 1 amide bonds. The Morgan fingerprint density at radius 3 is 2.55 bits per heavy atom. The molecule has 4 aromatic rings. The fourth-order valence-electron chi connectivity index (χ4n) is 3.71. The summed E-state index contributed by atoms with van der Waals surface area (Å²) in [4.78, 5) is 14.7. The Hall–Kier alpha value is -3.77. The highest BCUT2D eigenvalue weighted by Gasteiger charge is 2.18. The van der Waals surface area contributed by atoms with Crippen LogP contribution >= 0.6 is 0 Å². The number of ether oxygens (including phenoxy) is 2. The number of rotatable bonds is 9.